The fourth-order valence-corrected chi connectivity index (χ4v) is 3.95. The third-order valence-corrected chi connectivity index (χ3v) is 5.60. The largest absolute Gasteiger partial charge is 0.326 e. The second-order valence-electron chi connectivity index (χ2n) is 8.01. The number of rotatable bonds is 6. The quantitative estimate of drug-likeness (QED) is 0.502. The number of anilines is 3. The van der Waals surface area contributed by atoms with Crippen LogP contribution in [0.15, 0.2) is 42.5 Å². The van der Waals surface area contributed by atoms with E-state index in [1.807, 2.05) is 6.92 Å². The minimum atomic E-state index is -0.781. The van der Waals surface area contributed by atoms with Crippen LogP contribution in [0.1, 0.15) is 56.0 Å². The average molecular weight is 450 g/mol. The van der Waals surface area contributed by atoms with Gasteiger partial charge in [0.05, 0.1) is 5.41 Å². The van der Waals surface area contributed by atoms with Gasteiger partial charge in [-0.1, -0.05) is 19.1 Å². The summed E-state index contributed by atoms with van der Waals surface area (Å²) in [6, 6.07) is 11.5. The Morgan fingerprint density at radius 1 is 0.879 bits per heavy atom. The van der Waals surface area contributed by atoms with Crippen molar-refractivity contribution in [3.8, 4) is 0 Å². The summed E-state index contributed by atoms with van der Waals surface area (Å²) in [4.78, 5) is 59.8. The van der Waals surface area contributed by atoms with Crippen LogP contribution < -0.4 is 21.3 Å². The van der Waals surface area contributed by atoms with Crippen molar-refractivity contribution in [3.63, 3.8) is 0 Å². The van der Waals surface area contributed by atoms with Gasteiger partial charge in [-0.3, -0.25) is 29.3 Å². The highest BCUT2D eigenvalue weighted by Crippen LogP contribution is 2.36. The molecule has 0 radical (unpaired) electrons. The van der Waals surface area contributed by atoms with Crippen molar-refractivity contribution in [2.75, 3.05) is 16.0 Å². The van der Waals surface area contributed by atoms with Crippen LogP contribution in [0.4, 0.5) is 17.1 Å². The smallest absolute Gasteiger partial charge is 0.255 e. The van der Waals surface area contributed by atoms with E-state index in [1.165, 1.54) is 26.0 Å². The summed E-state index contributed by atoms with van der Waals surface area (Å²) in [6.45, 7) is 4.59. The SMILES string of the molecule is CCC1(c2ccc(NC(=O)c3cc(NC(C)=O)cc(NC(C)=O)c3)cc2)CCC(=O)NC1=O. The van der Waals surface area contributed by atoms with Crippen molar-refractivity contribution in [3.05, 3.63) is 53.6 Å². The molecule has 0 saturated carbocycles. The molecule has 1 aliphatic rings. The number of piperidine rings is 1. The lowest BCUT2D eigenvalue weighted by molar-refractivity contribution is -0.138. The number of carbonyl (C=O) groups is 5. The Balaban J connectivity index is 1.82. The van der Waals surface area contributed by atoms with Crippen LogP contribution in [0.5, 0.6) is 0 Å². The molecule has 5 amide bonds. The lowest BCUT2D eigenvalue weighted by atomic mass is 9.72. The van der Waals surface area contributed by atoms with Gasteiger partial charge in [0.2, 0.25) is 23.6 Å². The fraction of sp³-hybridized carbons (Fsp3) is 0.292. The summed E-state index contributed by atoms with van der Waals surface area (Å²) in [6.07, 6.45) is 1.25. The summed E-state index contributed by atoms with van der Waals surface area (Å²) in [5, 5.41) is 10.4. The summed E-state index contributed by atoms with van der Waals surface area (Å²) in [7, 11) is 0. The lowest BCUT2D eigenvalue weighted by Gasteiger charge is -2.35. The number of imide groups is 1. The summed E-state index contributed by atoms with van der Waals surface area (Å²) in [5.41, 5.74) is 1.48. The molecule has 9 heteroatoms. The van der Waals surface area contributed by atoms with E-state index in [2.05, 4.69) is 21.3 Å². The predicted molar refractivity (Wildman–Crippen MR) is 124 cm³/mol. The van der Waals surface area contributed by atoms with E-state index in [4.69, 9.17) is 0 Å². The van der Waals surface area contributed by atoms with Crippen LogP contribution in [0.2, 0.25) is 0 Å². The van der Waals surface area contributed by atoms with Crippen molar-refractivity contribution in [2.24, 2.45) is 0 Å². The molecule has 4 N–H and O–H groups in total. The molecule has 1 fully saturated rings. The van der Waals surface area contributed by atoms with Crippen LogP contribution in [0.25, 0.3) is 0 Å². The van der Waals surface area contributed by atoms with Crippen LogP contribution in [-0.2, 0) is 24.6 Å². The standard InChI is InChI=1S/C24H26N4O5/c1-4-24(10-9-21(31)28-23(24)33)17-5-7-18(8-6-17)27-22(32)16-11-19(25-14(2)29)13-20(12-16)26-15(3)30/h5-8,11-13H,4,9-10H2,1-3H3,(H,25,29)(H,26,30)(H,27,32)(H,28,31,33). The molecule has 33 heavy (non-hydrogen) atoms. The zero-order chi connectivity index (χ0) is 24.2. The van der Waals surface area contributed by atoms with E-state index in [-0.39, 0.29) is 35.6 Å². The van der Waals surface area contributed by atoms with Gasteiger partial charge in [0.15, 0.2) is 0 Å². The lowest BCUT2D eigenvalue weighted by Crippen LogP contribution is -2.51. The normalized spacial score (nSPS) is 17.7. The van der Waals surface area contributed by atoms with E-state index in [9.17, 15) is 24.0 Å². The van der Waals surface area contributed by atoms with Crippen LogP contribution in [0.3, 0.4) is 0 Å². The zero-order valence-electron chi connectivity index (χ0n) is 18.7. The van der Waals surface area contributed by atoms with Gasteiger partial charge in [-0.15, -0.1) is 0 Å². The van der Waals surface area contributed by atoms with Crippen LogP contribution >= 0.6 is 0 Å². The molecule has 0 spiro atoms. The maximum atomic E-state index is 12.8. The van der Waals surface area contributed by atoms with Gasteiger partial charge in [-0.25, -0.2) is 0 Å². The highest BCUT2D eigenvalue weighted by Gasteiger charge is 2.42. The highest BCUT2D eigenvalue weighted by molar-refractivity contribution is 6.07. The Labute approximate surface area is 191 Å². The van der Waals surface area contributed by atoms with Crippen LogP contribution in [0, 0.1) is 0 Å². The van der Waals surface area contributed by atoms with Gasteiger partial charge in [0.25, 0.3) is 5.91 Å². The molecule has 1 unspecified atom stereocenters. The maximum Gasteiger partial charge on any atom is 0.255 e. The highest BCUT2D eigenvalue weighted by atomic mass is 16.2. The minimum Gasteiger partial charge on any atom is -0.326 e. The molecule has 1 saturated heterocycles. The third kappa shape index (κ3) is 5.43. The minimum absolute atomic E-state index is 0.240. The molecule has 0 bridgehead atoms. The van der Waals surface area contributed by atoms with E-state index in [0.717, 1.165) is 5.56 Å². The molecular formula is C24H26N4O5. The van der Waals surface area contributed by atoms with Crippen molar-refractivity contribution < 1.29 is 24.0 Å². The molecule has 1 atom stereocenters. The molecule has 2 aromatic carbocycles. The van der Waals surface area contributed by atoms with Gasteiger partial charge in [-0.05, 0) is 48.7 Å². The molecule has 0 aliphatic carbocycles. The maximum absolute atomic E-state index is 12.8. The summed E-state index contributed by atoms with van der Waals surface area (Å²) < 4.78 is 0. The molecule has 3 rings (SSSR count). The number of amides is 5. The van der Waals surface area contributed by atoms with E-state index < -0.39 is 11.3 Å². The summed E-state index contributed by atoms with van der Waals surface area (Å²) in [5.74, 6) is -1.63. The first kappa shape index (κ1) is 23.6. The Morgan fingerprint density at radius 3 is 1.94 bits per heavy atom. The Kier molecular flexibility index (Phi) is 6.91. The van der Waals surface area contributed by atoms with Crippen molar-refractivity contribution >= 4 is 46.6 Å². The Bertz CT molecular complexity index is 1090. The number of hydrogen-bond acceptors (Lipinski definition) is 5. The molecule has 172 valence electrons. The summed E-state index contributed by atoms with van der Waals surface area (Å²) >= 11 is 0. The van der Waals surface area contributed by atoms with E-state index in [0.29, 0.717) is 29.9 Å². The van der Waals surface area contributed by atoms with Crippen molar-refractivity contribution in [1.82, 2.24) is 5.32 Å². The molecule has 1 heterocycles. The average Bonchev–Trinajstić information content (AvgIpc) is 2.74. The second-order valence-corrected chi connectivity index (χ2v) is 8.01. The first-order valence-corrected chi connectivity index (χ1v) is 10.6. The molecule has 0 aromatic heterocycles. The monoisotopic (exact) mass is 450 g/mol. The third-order valence-electron chi connectivity index (χ3n) is 5.60. The van der Waals surface area contributed by atoms with E-state index >= 15 is 0 Å². The zero-order valence-corrected chi connectivity index (χ0v) is 18.7. The molecule has 1 aliphatic heterocycles. The second kappa shape index (κ2) is 9.64. The number of hydrogen-bond donors (Lipinski definition) is 4. The molecular weight excluding hydrogens is 424 g/mol. The topological polar surface area (TPSA) is 133 Å². The van der Waals surface area contributed by atoms with Gasteiger partial charge < -0.3 is 16.0 Å². The van der Waals surface area contributed by atoms with Gasteiger partial charge >= 0.3 is 0 Å². The fourth-order valence-electron chi connectivity index (χ4n) is 3.95. The molecule has 9 nitrogen and oxygen atoms in total. The number of carbonyl (C=O) groups excluding carboxylic acids is 5. The van der Waals surface area contributed by atoms with Gasteiger partial charge in [-0.2, -0.15) is 0 Å². The van der Waals surface area contributed by atoms with Gasteiger partial charge in [0, 0.05) is 42.9 Å². The van der Waals surface area contributed by atoms with E-state index in [1.54, 1.807) is 30.3 Å². The first-order valence-electron chi connectivity index (χ1n) is 10.6. The van der Waals surface area contributed by atoms with Crippen molar-refractivity contribution in [2.45, 2.75) is 45.4 Å². The number of benzene rings is 2. The Hall–Kier alpha value is -4.01. The predicted octanol–water partition coefficient (Wildman–Crippen LogP) is 2.94. The first-order chi connectivity index (χ1) is 15.6. The van der Waals surface area contributed by atoms with Gasteiger partial charge in [0.1, 0.15) is 0 Å². The number of nitrogens with one attached hydrogen (secondary N) is 4. The van der Waals surface area contributed by atoms with Crippen molar-refractivity contribution in [1.29, 1.82) is 0 Å². The Morgan fingerprint density at radius 2 is 1.45 bits per heavy atom. The molecule has 2 aromatic rings. The van der Waals surface area contributed by atoms with Crippen LogP contribution in [-0.4, -0.2) is 29.5 Å².